The van der Waals surface area contributed by atoms with Gasteiger partial charge in [0.25, 0.3) is 5.91 Å². The first-order chi connectivity index (χ1) is 13.9. The fourth-order valence-electron chi connectivity index (χ4n) is 3.08. The molecule has 1 aliphatic heterocycles. The number of ether oxygens (including phenoxy) is 1. The number of benzene rings is 2. The third-order valence-corrected chi connectivity index (χ3v) is 6.64. The maximum Gasteiger partial charge on any atom is 0.271 e. The first-order valence-corrected chi connectivity index (χ1v) is 11.0. The lowest BCUT2D eigenvalue weighted by molar-refractivity contribution is 0.0954. The topological polar surface area (TPSA) is 88.1 Å². The van der Waals surface area contributed by atoms with E-state index in [1.54, 1.807) is 6.92 Å². The third-order valence-electron chi connectivity index (χ3n) is 4.73. The van der Waals surface area contributed by atoms with Crippen LogP contribution in [-0.2, 0) is 10.0 Å². The summed E-state index contributed by atoms with van der Waals surface area (Å²) in [7, 11) is -3.49. The van der Waals surface area contributed by atoms with Gasteiger partial charge in [0.05, 0.1) is 17.2 Å². The predicted octanol–water partition coefficient (Wildman–Crippen LogP) is 3.02. The van der Waals surface area contributed by atoms with Crippen LogP contribution in [0.5, 0.6) is 5.75 Å². The van der Waals surface area contributed by atoms with Gasteiger partial charge < -0.3 is 4.74 Å². The molecular weight excluding hydrogens is 390 g/mol. The van der Waals surface area contributed by atoms with Crippen LogP contribution in [0.25, 0.3) is 0 Å². The molecule has 7 nitrogen and oxygen atoms in total. The summed E-state index contributed by atoms with van der Waals surface area (Å²) in [6, 6.07) is 13.4. The molecule has 0 spiro atoms. The van der Waals surface area contributed by atoms with Crippen LogP contribution >= 0.6 is 0 Å². The van der Waals surface area contributed by atoms with Crippen molar-refractivity contribution in [3.63, 3.8) is 0 Å². The highest BCUT2D eigenvalue weighted by atomic mass is 32.2. The molecule has 29 heavy (non-hydrogen) atoms. The minimum atomic E-state index is -3.49. The maximum atomic E-state index is 12.5. The van der Waals surface area contributed by atoms with E-state index in [4.69, 9.17) is 4.74 Å². The van der Waals surface area contributed by atoms with Crippen LogP contribution in [0, 0.1) is 0 Å². The highest BCUT2D eigenvalue weighted by Gasteiger charge is 2.27. The van der Waals surface area contributed by atoms with Crippen molar-refractivity contribution < 1.29 is 17.9 Å². The van der Waals surface area contributed by atoms with E-state index in [1.165, 1.54) is 28.6 Å². The molecule has 2 aromatic carbocycles. The Hall–Kier alpha value is -2.71. The van der Waals surface area contributed by atoms with Gasteiger partial charge in [0.2, 0.25) is 10.0 Å². The second-order valence-corrected chi connectivity index (χ2v) is 8.67. The Kier molecular flexibility index (Phi) is 6.66. The first kappa shape index (κ1) is 21.0. The number of rotatable bonds is 7. The molecule has 0 bridgehead atoms. The molecular formula is C21H25N3O4S. The summed E-state index contributed by atoms with van der Waals surface area (Å²) in [5.74, 6) is 0.373. The molecule has 0 radical (unpaired) electrons. The molecule has 1 saturated heterocycles. The number of hydrazone groups is 1. The molecule has 154 valence electrons. The fraction of sp³-hybridized carbons (Fsp3) is 0.333. The smallest absolute Gasteiger partial charge is 0.271 e. The minimum absolute atomic E-state index is 0.199. The van der Waals surface area contributed by atoms with Crippen molar-refractivity contribution in [1.82, 2.24) is 9.73 Å². The van der Waals surface area contributed by atoms with Gasteiger partial charge >= 0.3 is 0 Å². The zero-order valence-corrected chi connectivity index (χ0v) is 17.4. The molecule has 8 heteroatoms. The molecule has 2 aromatic rings. The third kappa shape index (κ3) is 5.02. The average Bonchev–Trinajstić information content (AvgIpc) is 3.28. The Morgan fingerprint density at radius 2 is 1.62 bits per heavy atom. The lowest BCUT2D eigenvalue weighted by Gasteiger charge is -2.15. The van der Waals surface area contributed by atoms with Gasteiger partial charge in [-0.3, -0.25) is 4.79 Å². The van der Waals surface area contributed by atoms with Gasteiger partial charge in [0.1, 0.15) is 5.75 Å². The van der Waals surface area contributed by atoms with E-state index >= 15 is 0 Å². The predicted molar refractivity (Wildman–Crippen MR) is 112 cm³/mol. The van der Waals surface area contributed by atoms with Crippen molar-refractivity contribution >= 4 is 21.6 Å². The lowest BCUT2D eigenvalue weighted by Crippen LogP contribution is -2.28. The Labute approximate surface area is 171 Å². The van der Waals surface area contributed by atoms with E-state index < -0.39 is 15.9 Å². The van der Waals surface area contributed by atoms with Crippen molar-refractivity contribution in [2.45, 2.75) is 31.6 Å². The van der Waals surface area contributed by atoms with E-state index in [1.807, 2.05) is 31.2 Å². The summed E-state index contributed by atoms with van der Waals surface area (Å²) in [5.41, 5.74) is 4.36. The average molecular weight is 416 g/mol. The van der Waals surface area contributed by atoms with Crippen LogP contribution in [0.4, 0.5) is 0 Å². The van der Waals surface area contributed by atoms with E-state index in [2.05, 4.69) is 10.5 Å². The summed E-state index contributed by atoms with van der Waals surface area (Å²) in [5, 5.41) is 4.13. The Bertz CT molecular complexity index is 978. The number of amides is 1. The molecule has 0 unspecified atom stereocenters. The maximum absolute atomic E-state index is 12.5. The molecule has 3 rings (SSSR count). The second-order valence-electron chi connectivity index (χ2n) is 6.73. The quantitative estimate of drug-likeness (QED) is 0.556. The van der Waals surface area contributed by atoms with Crippen molar-refractivity contribution in [2.75, 3.05) is 19.7 Å². The number of hydrogen-bond donors (Lipinski definition) is 1. The highest BCUT2D eigenvalue weighted by Crippen LogP contribution is 2.21. The molecule has 1 fully saturated rings. The van der Waals surface area contributed by atoms with Crippen molar-refractivity contribution in [1.29, 1.82) is 0 Å². The number of carbonyl (C=O) groups is 1. The van der Waals surface area contributed by atoms with Crippen molar-refractivity contribution in [3.05, 3.63) is 59.7 Å². The largest absolute Gasteiger partial charge is 0.494 e. The van der Waals surface area contributed by atoms with Crippen LogP contribution in [-0.4, -0.2) is 44.0 Å². The molecule has 0 aromatic heterocycles. The van der Waals surface area contributed by atoms with E-state index in [0.717, 1.165) is 24.2 Å². The Morgan fingerprint density at radius 1 is 1.03 bits per heavy atom. The number of hydrogen-bond acceptors (Lipinski definition) is 5. The van der Waals surface area contributed by atoms with E-state index in [9.17, 15) is 13.2 Å². The number of nitrogens with zero attached hydrogens (tertiary/aromatic N) is 2. The van der Waals surface area contributed by atoms with Gasteiger partial charge in [0.15, 0.2) is 0 Å². The van der Waals surface area contributed by atoms with Gasteiger partial charge in [-0.15, -0.1) is 0 Å². The molecule has 1 aliphatic rings. The van der Waals surface area contributed by atoms with Crippen LogP contribution in [0.15, 0.2) is 58.5 Å². The minimum Gasteiger partial charge on any atom is -0.494 e. The molecule has 1 heterocycles. The van der Waals surface area contributed by atoms with Gasteiger partial charge in [-0.05, 0) is 80.8 Å². The van der Waals surface area contributed by atoms with Crippen molar-refractivity contribution in [3.8, 4) is 5.75 Å². The fourth-order valence-corrected chi connectivity index (χ4v) is 4.60. The summed E-state index contributed by atoms with van der Waals surface area (Å²) in [6.07, 6.45) is 1.76. The monoisotopic (exact) mass is 415 g/mol. The van der Waals surface area contributed by atoms with Gasteiger partial charge in [-0.25, -0.2) is 13.8 Å². The molecule has 1 amide bonds. The zero-order valence-electron chi connectivity index (χ0n) is 16.6. The highest BCUT2D eigenvalue weighted by molar-refractivity contribution is 7.89. The summed E-state index contributed by atoms with van der Waals surface area (Å²) in [6.45, 7) is 5.40. The van der Waals surface area contributed by atoms with Crippen LogP contribution in [0.2, 0.25) is 0 Å². The van der Waals surface area contributed by atoms with Gasteiger partial charge in [0, 0.05) is 18.7 Å². The number of nitrogens with one attached hydrogen (secondary N) is 1. The summed E-state index contributed by atoms with van der Waals surface area (Å²) >= 11 is 0. The molecule has 0 saturated carbocycles. The van der Waals surface area contributed by atoms with Crippen LogP contribution < -0.4 is 10.2 Å². The Balaban J connectivity index is 1.65. The van der Waals surface area contributed by atoms with Crippen LogP contribution in [0.3, 0.4) is 0 Å². The van der Waals surface area contributed by atoms with Crippen LogP contribution in [0.1, 0.15) is 42.6 Å². The zero-order chi connectivity index (χ0) is 20.9. The van der Waals surface area contributed by atoms with E-state index in [0.29, 0.717) is 31.0 Å². The summed E-state index contributed by atoms with van der Waals surface area (Å²) in [4.78, 5) is 12.5. The van der Waals surface area contributed by atoms with Gasteiger partial charge in [-0.2, -0.15) is 9.41 Å². The second kappa shape index (κ2) is 9.19. The normalized spacial score (nSPS) is 15.3. The summed E-state index contributed by atoms with van der Waals surface area (Å²) < 4.78 is 32.0. The molecule has 0 atom stereocenters. The van der Waals surface area contributed by atoms with E-state index in [-0.39, 0.29) is 4.90 Å². The number of sulfonamides is 1. The first-order valence-electron chi connectivity index (χ1n) is 9.60. The lowest BCUT2D eigenvalue weighted by atomic mass is 10.1. The van der Waals surface area contributed by atoms with Crippen molar-refractivity contribution in [2.24, 2.45) is 5.10 Å². The molecule has 1 N–H and O–H groups in total. The SMILES string of the molecule is CCOc1ccc(/C(C)=N\NC(=O)c2ccc(S(=O)(=O)N3CCCC3)cc2)cc1. The Morgan fingerprint density at radius 3 is 2.21 bits per heavy atom. The number of carbonyl (C=O) groups excluding carboxylic acids is 1. The molecule has 0 aliphatic carbocycles. The standard InChI is InChI=1S/C21H25N3O4S/c1-3-28-19-10-6-17(7-11-19)16(2)22-23-21(25)18-8-12-20(13-9-18)29(26,27)24-14-4-5-15-24/h6-13H,3-5,14-15H2,1-2H3,(H,23,25)/b22-16-. The van der Waals surface area contributed by atoms with Gasteiger partial charge in [-0.1, -0.05) is 0 Å².